The predicted molar refractivity (Wildman–Crippen MR) is 202 cm³/mol. The Morgan fingerprint density at radius 3 is 2.06 bits per heavy atom. The van der Waals surface area contributed by atoms with Gasteiger partial charge in [0.25, 0.3) is 0 Å². The second-order valence-corrected chi connectivity index (χ2v) is 14.4. The molecule has 0 saturated heterocycles. The number of hydrogen-bond donors (Lipinski definition) is 0. The van der Waals surface area contributed by atoms with Crippen molar-refractivity contribution in [3.05, 3.63) is 154 Å². The van der Waals surface area contributed by atoms with Crippen molar-refractivity contribution in [1.29, 1.82) is 0 Å². The molecule has 1 heterocycles. The summed E-state index contributed by atoms with van der Waals surface area (Å²) >= 11 is 0. The molecular formula is C43H39NO7S. The monoisotopic (exact) mass is 713 g/mol. The highest BCUT2D eigenvalue weighted by Gasteiger charge is 2.27. The maximum atomic E-state index is 14.3. The molecule has 6 rings (SSSR count). The maximum absolute atomic E-state index is 14.3. The Bertz CT molecular complexity index is 2400. The summed E-state index contributed by atoms with van der Waals surface area (Å²) in [5.74, 6) is -1.12. The van der Waals surface area contributed by atoms with Crippen molar-refractivity contribution >= 4 is 56.0 Å². The average Bonchev–Trinajstić information content (AvgIpc) is 3.13. The Kier molecular flexibility index (Phi) is 10.9. The van der Waals surface area contributed by atoms with Gasteiger partial charge in [0.2, 0.25) is 11.0 Å². The molecule has 264 valence electrons. The van der Waals surface area contributed by atoms with E-state index >= 15 is 0 Å². The molecule has 0 unspecified atom stereocenters. The van der Waals surface area contributed by atoms with Crippen LogP contribution in [0.5, 0.6) is 5.75 Å². The molecular weight excluding hydrogens is 675 g/mol. The van der Waals surface area contributed by atoms with Crippen molar-refractivity contribution in [2.75, 3.05) is 5.75 Å². The third kappa shape index (κ3) is 8.62. The molecule has 8 nitrogen and oxygen atoms in total. The van der Waals surface area contributed by atoms with Gasteiger partial charge in [0.15, 0.2) is 0 Å². The van der Waals surface area contributed by atoms with Crippen molar-refractivity contribution in [3.8, 4) is 5.75 Å². The van der Waals surface area contributed by atoms with Gasteiger partial charge in [-0.1, -0.05) is 90.5 Å². The van der Waals surface area contributed by atoms with Gasteiger partial charge < -0.3 is 14.0 Å². The zero-order valence-electron chi connectivity index (χ0n) is 29.3. The molecule has 0 amide bonds. The van der Waals surface area contributed by atoms with Gasteiger partial charge >= 0.3 is 11.9 Å². The first kappa shape index (κ1) is 36.2. The predicted octanol–water partition coefficient (Wildman–Crippen LogP) is 8.28. The number of unbranched alkanes of at least 4 members (excludes halogenated alkanes) is 1. The number of hydrogen-bond acceptors (Lipinski definition) is 7. The lowest BCUT2D eigenvalue weighted by molar-refractivity contribution is -0.645. The van der Waals surface area contributed by atoms with Crippen molar-refractivity contribution < 1.29 is 36.6 Å². The molecule has 1 aromatic heterocycles. The molecule has 0 N–H and O–H groups in total. The van der Waals surface area contributed by atoms with E-state index in [0.717, 1.165) is 27.7 Å². The van der Waals surface area contributed by atoms with Crippen LogP contribution in [0.1, 0.15) is 66.9 Å². The van der Waals surface area contributed by atoms with Gasteiger partial charge in [-0.15, -0.1) is 0 Å². The first-order chi connectivity index (χ1) is 25.0. The lowest BCUT2D eigenvalue weighted by Gasteiger charge is -2.15. The highest BCUT2D eigenvalue weighted by atomic mass is 32.2. The number of fused-ring (bicyclic) bond motifs is 2. The molecule has 5 aromatic carbocycles. The highest BCUT2D eigenvalue weighted by Crippen LogP contribution is 2.31. The molecule has 0 atom stereocenters. The quantitative estimate of drug-likeness (QED) is 0.0239. The lowest BCUT2D eigenvalue weighted by atomic mass is 9.99. The number of nitrogens with zero attached hydrogens (tertiary/aromatic N) is 1. The van der Waals surface area contributed by atoms with Crippen LogP contribution in [-0.2, 0) is 28.0 Å². The number of carbonyl (C=O) groups excluding carboxylic acids is 2. The van der Waals surface area contributed by atoms with Gasteiger partial charge in [-0.25, -0.2) is 18.0 Å². The number of ether oxygens (including phenoxy) is 2. The fourth-order valence-corrected chi connectivity index (χ4v) is 6.90. The van der Waals surface area contributed by atoms with E-state index in [1.165, 1.54) is 5.56 Å². The first-order valence-corrected chi connectivity index (χ1v) is 18.7. The fraction of sp³-hybridized carbons (Fsp3) is 0.186. The Labute approximate surface area is 303 Å². The number of rotatable bonds is 12. The van der Waals surface area contributed by atoms with Gasteiger partial charge in [-0.3, -0.25) is 0 Å². The third-order valence-electron chi connectivity index (χ3n) is 8.93. The summed E-state index contributed by atoms with van der Waals surface area (Å²) in [6.07, 6.45) is 4.68. The first-order valence-electron chi connectivity index (χ1n) is 17.1. The van der Waals surface area contributed by atoms with Crippen LogP contribution in [0.25, 0.3) is 34.0 Å². The molecule has 52 heavy (non-hydrogen) atoms. The van der Waals surface area contributed by atoms with E-state index in [2.05, 4.69) is 16.7 Å². The minimum Gasteiger partial charge on any atom is -0.748 e. The van der Waals surface area contributed by atoms with Gasteiger partial charge in [-0.2, -0.15) is 4.57 Å². The third-order valence-corrected chi connectivity index (χ3v) is 9.71. The minimum atomic E-state index is -4.34. The van der Waals surface area contributed by atoms with Crippen LogP contribution < -0.4 is 9.30 Å². The number of aromatic nitrogens is 1. The zero-order valence-corrected chi connectivity index (χ0v) is 30.1. The second-order valence-electron chi connectivity index (χ2n) is 12.9. The molecule has 9 heteroatoms. The molecule has 0 aliphatic carbocycles. The fourth-order valence-electron chi connectivity index (χ4n) is 6.34. The van der Waals surface area contributed by atoms with Gasteiger partial charge in [0.05, 0.1) is 32.0 Å². The van der Waals surface area contributed by atoms with Crippen molar-refractivity contribution in [3.63, 3.8) is 0 Å². The van der Waals surface area contributed by atoms with E-state index in [-0.39, 0.29) is 13.0 Å². The summed E-state index contributed by atoms with van der Waals surface area (Å²) < 4.78 is 47.7. The summed E-state index contributed by atoms with van der Waals surface area (Å²) in [5, 5.41) is 1.32. The van der Waals surface area contributed by atoms with Gasteiger partial charge in [-0.05, 0) is 79.3 Å². The van der Waals surface area contributed by atoms with Gasteiger partial charge in [0, 0.05) is 24.3 Å². The van der Waals surface area contributed by atoms with Crippen LogP contribution in [0.2, 0.25) is 0 Å². The Morgan fingerprint density at radius 1 is 0.712 bits per heavy atom. The van der Waals surface area contributed by atoms with E-state index in [9.17, 15) is 22.6 Å². The van der Waals surface area contributed by atoms with Crippen LogP contribution in [0.15, 0.2) is 109 Å². The number of pyridine rings is 1. The molecule has 0 fully saturated rings. The molecule has 0 spiro atoms. The number of para-hydroxylation sites is 1. The topological polar surface area (TPSA) is 114 Å². The van der Waals surface area contributed by atoms with Crippen LogP contribution in [0.3, 0.4) is 0 Å². The van der Waals surface area contributed by atoms with E-state index in [1.54, 1.807) is 26.0 Å². The smallest absolute Gasteiger partial charge is 0.345 e. The van der Waals surface area contributed by atoms with E-state index in [4.69, 9.17) is 9.47 Å². The van der Waals surface area contributed by atoms with Crippen LogP contribution in [-0.4, -0.2) is 30.7 Å². The summed E-state index contributed by atoms with van der Waals surface area (Å²) in [5.41, 5.74) is 7.46. The summed E-state index contributed by atoms with van der Waals surface area (Å²) in [6.45, 7) is 6.18. The van der Waals surface area contributed by atoms with Crippen molar-refractivity contribution in [2.24, 2.45) is 0 Å². The summed E-state index contributed by atoms with van der Waals surface area (Å²) in [6, 6.07) is 34.3. The average molecular weight is 714 g/mol. The molecule has 0 aliphatic rings. The Balaban J connectivity index is 1.37. The van der Waals surface area contributed by atoms with Crippen molar-refractivity contribution in [2.45, 2.75) is 46.8 Å². The number of aryl methyl sites for hydroxylation is 4. The Morgan fingerprint density at radius 2 is 1.35 bits per heavy atom. The molecule has 0 radical (unpaired) electrons. The van der Waals surface area contributed by atoms with Crippen LogP contribution in [0.4, 0.5) is 0 Å². The normalized spacial score (nSPS) is 11.7. The lowest BCUT2D eigenvalue weighted by Crippen LogP contribution is -2.37. The van der Waals surface area contributed by atoms with E-state index < -0.39 is 27.8 Å². The van der Waals surface area contributed by atoms with E-state index in [1.807, 2.05) is 104 Å². The number of esters is 2. The molecule has 0 bridgehead atoms. The molecule has 0 saturated carbocycles. The van der Waals surface area contributed by atoms with Crippen LogP contribution >= 0.6 is 0 Å². The second kappa shape index (κ2) is 15.7. The minimum absolute atomic E-state index is 0.143. The zero-order chi connectivity index (χ0) is 36.8. The number of carbonyl (C=O) groups is 2. The largest absolute Gasteiger partial charge is 0.748 e. The molecule has 6 aromatic rings. The summed E-state index contributed by atoms with van der Waals surface area (Å²) in [7, 11) is -4.34. The molecule has 0 aliphatic heterocycles. The van der Waals surface area contributed by atoms with Gasteiger partial charge in [0.1, 0.15) is 18.9 Å². The SMILES string of the molecule is Cc1ccc(/C=C/c2ccc3c(C(=O)Oc4c(C)cc(C(=O)OCc5ccccc5)cc4C)c4ccccc4[n+](CCCCS(=O)(=O)[O-])c3c2)cc1. The standard InChI is InChI=1S/C43H39NO7S/c1-29-15-17-32(18-16-29)19-20-33-21-22-37-39(27-33)44(23-9-10-24-52(47,48)49)38-14-8-7-13-36(38)40(37)43(46)51-41-30(2)25-35(26-31(41)3)42(45)50-28-34-11-5-4-6-12-34/h4-8,11-22,25-27H,9-10,23-24,28H2,1-3H3/b20-19+. The number of benzene rings is 5. The van der Waals surface area contributed by atoms with Crippen LogP contribution in [0, 0.1) is 20.8 Å². The maximum Gasteiger partial charge on any atom is 0.345 e. The van der Waals surface area contributed by atoms with Crippen molar-refractivity contribution in [1.82, 2.24) is 0 Å². The summed E-state index contributed by atoms with van der Waals surface area (Å²) in [4.78, 5) is 27.2. The highest BCUT2D eigenvalue weighted by molar-refractivity contribution is 7.85. The Hall–Kier alpha value is -5.64. The van der Waals surface area contributed by atoms with E-state index in [0.29, 0.717) is 51.7 Å².